The first-order valence-electron chi connectivity index (χ1n) is 11.9. The third-order valence-corrected chi connectivity index (χ3v) is 9.44. The van der Waals surface area contributed by atoms with Gasteiger partial charge < -0.3 is 0 Å². The minimum atomic E-state index is -3.51. The van der Waals surface area contributed by atoms with E-state index in [1.165, 1.54) is 0 Å². The van der Waals surface area contributed by atoms with E-state index < -0.39 is 20.0 Å². The maximum atomic E-state index is 12.2. The van der Waals surface area contributed by atoms with Crippen molar-refractivity contribution in [1.82, 2.24) is 9.44 Å². The molecule has 0 aliphatic carbocycles. The largest absolute Gasteiger partial charge is 0.240 e. The highest BCUT2D eigenvalue weighted by molar-refractivity contribution is 7.89. The van der Waals surface area contributed by atoms with Crippen LogP contribution in [-0.4, -0.2) is 41.2 Å². The molecule has 1 unspecified atom stereocenters. The van der Waals surface area contributed by atoms with Crippen molar-refractivity contribution in [2.45, 2.75) is 28.0 Å². The molecule has 0 saturated carbocycles. The van der Waals surface area contributed by atoms with Gasteiger partial charge in [0.2, 0.25) is 20.0 Å². The van der Waals surface area contributed by atoms with E-state index >= 15 is 0 Å². The fourth-order valence-corrected chi connectivity index (χ4v) is 5.99. The number of halogens is 2. The molecule has 0 aliphatic rings. The van der Waals surface area contributed by atoms with Gasteiger partial charge in [-0.2, -0.15) is 0 Å². The zero-order chi connectivity index (χ0) is 27.6. The molecule has 38 heavy (non-hydrogen) atoms. The van der Waals surface area contributed by atoms with Gasteiger partial charge in [-0.1, -0.05) is 66.7 Å². The smallest absolute Gasteiger partial charge is 0.211 e. The van der Waals surface area contributed by atoms with Crippen molar-refractivity contribution < 1.29 is 16.8 Å². The van der Waals surface area contributed by atoms with Crippen LogP contribution < -0.4 is 9.44 Å². The Kier molecular flexibility index (Phi) is 11.1. The molecule has 0 radical (unpaired) electrons. The standard InChI is InChI=1S/C14H15Cl2NO2S.C14H15NO2S/c15-10-13(16)7-8-17-20(18,19)14-6-5-11-3-1-2-4-12(11)9-14;1-2-3-10-15-18(16,17)14-9-8-12-6-4-5-7-13(12)11-14/h1-6,9,13,17H,7-8,10H2;2,4-9,11,15H,1,3,10H2. The van der Waals surface area contributed by atoms with E-state index in [-0.39, 0.29) is 16.8 Å². The van der Waals surface area contributed by atoms with Crippen LogP contribution in [0.15, 0.2) is 107 Å². The van der Waals surface area contributed by atoms with Crippen molar-refractivity contribution >= 4 is 64.8 Å². The monoisotopic (exact) mass is 592 g/mol. The van der Waals surface area contributed by atoms with Crippen molar-refractivity contribution in [2.75, 3.05) is 19.0 Å². The first-order valence-corrected chi connectivity index (χ1v) is 15.9. The van der Waals surface area contributed by atoms with Crippen LogP contribution in [0.3, 0.4) is 0 Å². The Balaban J connectivity index is 0.000000212. The lowest BCUT2D eigenvalue weighted by molar-refractivity contribution is 0.578. The quantitative estimate of drug-likeness (QED) is 0.126. The summed E-state index contributed by atoms with van der Waals surface area (Å²) in [6.07, 6.45) is 2.80. The molecule has 0 amide bonds. The summed E-state index contributed by atoms with van der Waals surface area (Å²) >= 11 is 11.4. The number of alkyl halides is 2. The highest BCUT2D eigenvalue weighted by Gasteiger charge is 2.15. The fourth-order valence-electron chi connectivity index (χ4n) is 3.56. The Morgan fingerprint density at radius 1 is 0.711 bits per heavy atom. The minimum Gasteiger partial charge on any atom is -0.211 e. The van der Waals surface area contributed by atoms with Crippen molar-refractivity contribution in [2.24, 2.45) is 0 Å². The Morgan fingerprint density at radius 2 is 1.16 bits per heavy atom. The summed E-state index contributed by atoms with van der Waals surface area (Å²) in [5.74, 6) is 0.305. The summed E-state index contributed by atoms with van der Waals surface area (Å²) in [6, 6.07) is 25.5. The first-order chi connectivity index (χ1) is 18.2. The van der Waals surface area contributed by atoms with E-state index in [0.717, 1.165) is 21.5 Å². The fraction of sp³-hybridized carbons (Fsp3) is 0.214. The third kappa shape index (κ3) is 8.53. The van der Waals surface area contributed by atoms with E-state index in [1.807, 2.05) is 54.6 Å². The van der Waals surface area contributed by atoms with Crippen LogP contribution in [-0.2, 0) is 20.0 Å². The molecule has 4 rings (SSSR count). The molecule has 0 saturated heterocycles. The van der Waals surface area contributed by atoms with E-state index in [2.05, 4.69) is 16.0 Å². The van der Waals surface area contributed by atoms with Crippen LogP contribution in [0, 0.1) is 0 Å². The Hall–Kier alpha value is -2.46. The molecule has 6 nitrogen and oxygen atoms in total. The van der Waals surface area contributed by atoms with Gasteiger partial charge in [-0.05, 0) is 58.7 Å². The summed E-state index contributed by atoms with van der Waals surface area (Å²) in [4.78, 5) is 0.554. The number of hydrogen-bond acceptors (Lipinski definition) is 4. The number of rotatable bonds is 11. The number of hydrogen-bond donors (Lipinski definition) is 2. The molecule has 0 fully saturated rings. The van der Waals surface area contributed by atoms with Gasteiger partial charge >= 0.3 is 0 Å². The zero-order valence-electron chi connectivity index (χ0n) is 20.7. The van der Waals surface area contributed by atoms with Gasteiger partial charge in [0, 0.05) is 24.3 Å². The van der Waals surface area contributed by atoms with Crippen molar-refractivity contribution in [3.63, 3.8) is 0 Å². The van der Waals surface area contributed by atoms with E-state index in [0.29, 0.717) is 30.2 Å². The van der Waals surface area contributed by atoms with E-state index in [4.69, 9.17) is 23.2 Å². The number of sulfonamides is 2. The maximum absolute atomic E-state index is 12.2. The first kappa shape index (κ1) is 30.1. The van der Waals surface area contributed by atoms with Crippen LogP contribution in [0.4, 0.5) is 0 Å². The topological polar surface area (TPSA) is 92.3 Å². The molecule has 2 N–H and O–H groups in total. The second-order valence-corrected chi connectivity index (χ2v) is 12.9. The molecule has 0 heterocycles. The normalized spacial score (nSPS) is 12.6. The van der Waals surface area contributed by atoms with Crippen molar-refractivity contribution in [3.05, 3.63) is 97.6 Å². The van der Waals surface area contributed by atoms with Gasteiger partial charge in [0.1, 0.15) is 0 Å². The number of fused-ring (bicyclic) bond motifs is 2. The Bertz CT molecular complexity index is 1590. The van der Waals surface area contributed by atoms with Crippen LogP contribution in [0.1, 0.15) is 12.8 Å². The molecule has 4 aromatic carbocycles. The predicted octanol–water partition coefficient (Wildman–Crippen LogP) is 6.05. The SMILES string of the molecule is C=CCCNS(=O)(=O)c1ccc2ccccc2c1.O=S(=O)(NCCC(Cl)CCl)c1ccc2ccccc2c1. The highest BCUT2D eigenvalue weighted by atomic mass is 35.5. The molecule has 0 spiro atoms. The lowest BCUT2D eigenvalue weighted by Crippen LogP contribution is -2.26. The summed E-state index contributed by atoms with van der Waals surface area (Å²) in [5.41, 5.74) is 0. The van der Waals surface area contributed by atoms with Gasteiger partial charge in [-0.15, -0.1) is 29.8 Å². The van der Waals surface area contributed by atoms with E-state index in [1.54, 1.807) is 36.4 Å². The van der Waals surface area contributed by atoms with Gasteiger partial charge in [-0.3, -0.25) is 0 Å². The van der Waals surface area contributed by atoms with Gasteiger partial charge in [-0.25, -0.2) is 26.3 Å². The molecule has 10 heteroatoms. The molecule has 202 valence electrons. The summed E-state index contributed by atoms with van der Waals surface area (Å²) in [7, 11) is -6.93. The van der Waals surface area contributed by atoms with Gasteiger partial charge in [0.25, 0.3) is 0 Å². The van der Waals surface area contributed by atoms with Gasteiger partial charge in [0.05, 0.1) is 9.79 Å². The summed E-state index contributed by atoms with van der Waals surface area (Å²) in [6.45, 7) is 4.21. The van der Waals surface area contributed by atoms with Crippen LogP contribution >= 0.6 is 23.2 Å². The average molecular weight is 594 g/mol. The van der Waals surface area contributed by atoms with Gasteiger partial charge in [0.15, 0.2) is 0 Å². The minimum absolute atomic E-state index is 0.226. The molecule has 4 aromatic rings. The van der Waals surface area contributed by atoms with Crippen molar-refractivity contribution in [1.29, 1.82) is 0 Å². The molecule has 0 bridgehead atoms. The van der Waals surface area contributed by atoms with Crippen LogP contribution in [0.5, 0.6) is 0 Å². The molecular weight excluding hydrogens is 563 g/mol. The zero-order valence-corrected chi connectivity index (χ0v) is 23.8. The molecular formula is C28H30Cl2N2O4S2. The Labute approximate surface area is 234 Å². The molecule has 1 atom stereocenters. The summed E-state index contributed by atoms with van der Waals surface area (Å²) < 4.78 is 53.4. The molecule has 0 aliphatic heterocycles. The third-order valence-electron chi connectivity index (χ3n) is 5.62. The van der Waals surface area contributed by atoms with Crippen LogP contribution in [0.25, 0.3) is 21.5 Å². The second-order valence-electron chi connectivity index (χ2n) is 8.43. The lowest BCUT2D eigenvalue weighted by Gasteiger charge is -2.09. The average Bonchev–Trinajstić information content (AvgIpc) is 2.92. The van der Waals surface area contributed by atoms with Crippen LogP contribution in [0.2, 0.25) is 0 Å². The Morgan fingerprint density at radius 3 is 1.61 bits per heavy atom. The van der Waals surface area contributed by atoms with E-state index in [9.17, 15) is 16.8 Å². The van der Waals surface area contributed by atoms with Crippen molar-refractivity contribution in [3.8, 4) is 0 Å². The number of nitrogens with one attached hydrogen (secondary N) is 2. The lowest BCUT2D eigenvalue weighted by atomic mass is 10.1. The second kappa shape index (κ2) is 14.1. The predicted molar refractivity (Wildman–Crippen MR) is 158 cm³/mol. The molecule has 0 aromatic heterocycles. The number of benzene rings is 4. The maximum Gasteiger partial charge on any atom is 0.240 e. The highest BCUT2D eigenvalue weighted by Crippen LogP contribution is 2.20. The summed E-state index contributed by atoms with van der Waals surface area (Å²) in [5, 5.41) is 3.63.